The zero-order valence-electron chi connectivity index (χ0n) is 17.9. The summed E-state index contributed by atoms with van der Waals surface area (Å²) < 4.78 is 11.1. The summed E-state index contributed by atoms with van der Waals surface area (Å²) in [6.07, 6.45) is 0. The van der Waals surface area contributed by atoms with E-state index in [1.54, 1.807) is 60.7 Å². The topological polar surface area (TPSA) is 100 Å². The van der Waals surface area contributed by atoms with Crippen LogP contribution in [0.25, 0.3) is 11.0 Å². The molecule has 5 rings (SSSR count). The number of methoxy groups -OCH3 is 1. The second-order valence-corrected chi connectivity index (χ2v) is 8.17. The van der Waals surface area contributed by atoms with E-state index in [0.717, 1.165) is 0 Å². The quantitative estimate of drug-likeness (QED) is 0.365. The molecule has 2 N–H and O–H groups in total. The van der Waals surface area contributed by atoms with Crippen LogP contribution in [-0.2, 0) is 4.79 Å². The molecule has 0 spiro atoms. The standard InChI is InChI=1S/C26H18ClNO6/c1-33-19-7-2-4-15-12-20(34-25(15)19)23(30)21-22(14-8-10-18(29)11-9-14)28(26(32)24(21)31)17-6-3-5-16(27)13-17/h2-13,22,29,31H,1H3. The first-order chi connectivity index (χ1) is 16.4. The van der Waals surface area contributed by atoms with Crippen molar-refractivity contribution >= 4 is 39.9 Å². The molecule has 0 saturated heterocycles. The van der Waals surface area contributed by atoms with E-state index >= 15 is 0 Å². The average molecular weight is 476 g/mol. The van der Waals surface area contributed by atoms with E-state index in [9.17, 15) is 19.8 Å². The maximum atomic E-state index is 13.7. The number of fused-ring (bicyclic) bond motifs is 1. The number of aliphatic hydroxyl groups is 1. The Morgan fingerprint density at radius 2 is 1.76 bits per heavy atom. The van der Waals surface area contributed by atoms with E-state index in [-0.39, 0.29) is 17.1 Å². The van der Waals surface area contributed by atoms with E-state index in [4.69, 9.17) is 20.8 Å². The highest BCUT2D eigenvalue weighted by Gasteiger charge is 2.45. The van der Waals surface area contributed by atoms with Crippen LogP contribution in [0.4, 0.5) is 5.69 Å². The largest absolute Gasteiger partial charge is 0.508 e. The van der Waals surface area contributed by atoms with E-state index < -0.39 is 23.5 Å². The molecule has 34 heavy (non-hydrogen) atoms. The number of ketones is 1. The third-order valence-corrected chi connectivity index (χ3v) is 5.93. The number of phenolic OH excluding ortho intramolecular Hbond substituents is 1. The number of halogens is 1. The number of Topliss-reactive ketones (excluding diaryl/α,β-unsaturated/α-hetero) is 1. The fourth-order valence-corrected chi connectivity index (χ4v) is 4.33. The Labute approximate surface area is 199 Å². The number of para-hydroxylation sites is 1. The highest BCUT2D eigenvalue weighted by Crippen LogP contribution is 2.43. The van der Waals surface area contributed by atoms with Gasteiger partial charge in [-0.25, -0.2) is 0 Å². The maximum absolute atomic E-state index is 13.7. The summed E-state index contributed by atoms with van der Waals surface area (Å²) in [5, 5.41) is 21.7. The molecule has 7 nitrogen and oxygen atoms in total. The van der Waals surface area contributed by atoms with Crippen LogP contribution in [0.1, 0.15) is 22.2 Å². The van der Waals surface area contributed by atoms with Crippen molar-refractivity contribution in [1.29, 1.82) is 0 Å². The number of amides is 1. The Balaban J connectivity index is 1.67. The zero-order chi connectivity index (χ0) is 24.0. The number of ether oxygens (including phenoxy) is 1. The van der Waals surface area contributed by atoms with Crippen molar-refractivity contribution in [2.75, 3.05) is 12.0 Å². The maximum Gasteiger partial charge on any atom is 0.294 e. The number of hydrogen-bond donors (Lipinski definition) is 2. The van der Waals surface area contributed by atoms with E-state index in [1.807, 2.05) is 0 Å². The number of anilines is 1. The summed E-state index contributed by atoms with van der Waals surface area (Å²) in [6.45, 7) is 0. The minimum atomic E-state index is -0.978. The van der Waals surface area contributed by atoms with E-state index in [0.29, 0.717) is 33.0 Å². The Morgan fingerprint density at radius 3 is 2.47 bits per heavy atom. The molecule has 1 atom stereocenters. The van der Waals surface area contributed by atoms with Crippen LogP contribution < -0.4 is 9.64 Å². The fourth-order valence-electron chi connectivity index (χ4n) is 4.14. The van der Waals surface area contributed by atoms with Crippen LogP contribution in [0.3, 0.4) is 0 Å². The van der Waals surface area contributed by atoms with Gasteiger partial charge in [-0.1, -0.05) is 41.9 Å². The summed E-state index contributed by atoms with van der Waals surface area (Å²) in [5.41, 5.74) is 1.14. The average Bonchev–Trinajstić information content (AvgIpc) is 3.38. The monoisotopic (exact) mass is 475 g/mol. The molecule has 1 amide bonds. The molecule has 170 valence electrons. The number of benzene rings is 3. The molecule has 1 aromatic heterocycles. The van der Waals surface area contributed by atoms with Gasteiger partial charge in [0.25, 0.3) is 5.91 Å². The number of nitrogens with zero attached hydrogens (tertiary/aromatic N) is 1. The number of aliphatic hydroxyl groups excluding tert-OH is 1. The third-order valence-electron chi connectivity index (χ3n) is 5.70. The van der Waals surface area contributed by atoms with Crippen molar-refractivity contribution in [3.8, 4) is 11.5 Å². The van der Waals surface area contributed by atoms with E-state index in [2.05, 4.69) is 0 Å². The van der Waals surface area contributed by atoms with Crippen molar-refractivity contribution in [3.05, 3.63) is 100 Å². The zero-order valence-corrected chi connectivity index (χ0v) is 18.6. The van der Waals surface area contributed by atoms with Gasteiger partial charge < -0.3 is 19.4 Å². The van der Waals surface area contributed by atoms with E-state index in [1.165, 1.54) is 24.1 Å². The lowest BCUT2D eigenvalue weighted by Crippen LogP contribution is -2.31. The molecule has 1 aliphatic rings. The van der Waals surface area contributed by atoms with Crippen LogP contribution in [0.2, 0.25) is 5.02 Å². The van der Waals surface area contributed by atoms with Crippen molar-refractivity contribution in [2.45, 2.75) is 6.04 Å². The van der Waals surface area contributed by atoms with Crippen molar-refractivity contribution in [2.24, 2.45) is 0 Å². The summed E-state index contributed by atoms with van der Waals surface area (Å²) in [4.78, 5) is 28.2. The minimum absolute atomic E-state index is 0.0211. The van der Waals surface area contributed by atoms with Crippen molar-refractivity contribution in [1.82, 2.24) is 0 Å². The van der Waals surface area contributed by atoms with Crippen LogP contribution >= 0.6 is 11.6 Å². The molecule has 0 aliphatic carbocycles. The molecule has 0 saturated carbocycles. The molecular formula is C26H18ClNO6. The normalized spacial score (nSPS) is 15.9. The molecule has 3 aromatic carbocycles. The first kappa shape index (κ1) is 21.6. The molecule has 1 aliphatic heterocycles. The van der Waals surface area contributed by atoms with Gasteiger partial charge in [0.15, 0.2) is 22.9 Å². The molecular weight excluding hydrogens is 458 g/mol. The SMILES string of the molecule is COc1cccc2cc(C(=O)C3=C(O)C(=O)N(c4cccc(Cl)c4)C3c3ccc(O)cc3)oc12. The Hall–Kier alpha value is -4.23. The number of hydrogen-bond acceptors (Lipinski definition) is 6. The summed E-state index contributed by atoms with van der Waals surface area (Å²) in [6, 6.07) is 18.4. The first-order valence-electron chi connectivity index (χ1n) is 10.3. The molecule has 4 aromatic rings. The molecule has 1 unspecified atom stereocenters. The highest BCUT2D eigenvalue weighted by atomic mass is 35.5. The molecule has 0 fully saturated rings. The number of carbonyl (C=O) groups is 2. The predicted molar refractivity (Wildman–Crippen MR) is 127 cm³/mol. The number of carbonyl (C=O) groups excluding carboxylic acids is 2. The molecule has 2 heterocycles. The van der Waals surface area contributed by atoms with Gasteiger partial charge in [-0.15, -0.1) is 0 Å². The summed E-state index contributed by atoms with van der Waals surface area (Å²) in [7, 11) is 1.49. The number of rotatable bonds is 5. The van der Waals surface area contributed by atoms with Gasteiger partial charge in [0.2, 0.25) is 5.78 Å². The van der Waals surface area contributed by atoms with Gasteiger partial charge in [0.1, 0.15) is 5.75 Å². The molecule has 8 heteroatoms. The van der Waals surface area contributed by atoms with Gasteiger partial charge in [-0.05, 0) is 48.0 Å². The smallest absolute Gasteiger partial charge is 0.294 e. The molecule has 0 radical (unpaired) electrons. The van der Waals surface area contributed by atoms with Crippen LogP contribution in [0.5, 0.6) is 11.5 Å². The minimum Gasteiger partial charge on any atom is -0.508 e. The third kappa shape index (κ3) is 3.47. The number of aromatic hydroxyl groups is 1. The van der Waals surface area contributed by atoms with Gasteiger partial charge >= 0.3 is 0 Å². The van der Waals surface area contributed by atoms with Gasteiger partial charge in [-0.2, -0.15) is 0 Å². The van der Waals surface area contributed by atoms with Crippen LogP contribution in [-0.4, -0.2) is 29.0 Å². The molecule has 0 bridgehead atoms. The van der Waals surface area contributed by atoms with Crippen molar-refractivity contribution in [3.63, 3.8) is 0 Å². The predicted octanol–water partition coefficient (Wildman–Crippen LogP) is 5.58. The van der Waals surface area contributed by atoms with Crippen LogP contribution in [0.15, 0.2) is 88.5 Å². The lowest BCUT2D eigenvalue weighted by molar-refractivity contribution is -0.117. The van der Waals surface area contributed by atoms with Gasteiger partial charge in [-0.3, -0.25) is 14.5 Å². The Bertz CT molecular complexity index is 1470. The Kier molecular flexibility index (Phi) is 5.26. The van der Waals surface area contributed by atoms with Gasteiger partial charge in [0, 0.05) is 16.1 Å². The number of phenols is 1. The van der Waals surface area contributed by atoms with Crippen LogP contribution in [0, 0.1) is 0 Å². The second kappa shape index (κ2) is 8.28. The highest BCUT2D eigenvalue weighted by molar-refractivity contribution is 6.31. The van der Waals surface area contributed by atoms with Crippen molar-refractivity contribution < 1.29 is 29.0 Å². The lowest BCUT2D eigenvalue weighted by atomic mass is 9.94. The summed E-state index contributed by atoms with van der Waals surface area (Å²) >= 11 is 6.15. The number of furan rings is 1. The lowest BCUT2D eigenvalue weighted by Gasteiger charge is -2.27. The van der Waals surface area contributed by atoms with Gasteiger partial charge in [0.05, 0.1) is 18.7 Å². The first-order valence-corrected chi connectivity index (χ1v) is 10.7. The second-order valence-electron chi connectivity index (χ2n) is 7.73. The fraction of sp³-hybridized carbons (Fsp3) is 0.0769. The Morgan fingerprint density at radius 1 is 1.03 bits per heavy atom. The summed E-state index contributed by atoms with van der Waals surface area (Å²) in [5.74, 6) is -1.66.